The molecule has 2 nitrogen and oxygen atoms in total. The fourth-order valence-corrected chi connectivity index (χ4v) is 1.72. The number of hydrogen-bond acceptors (Lipinski definition) is 2. The Morgan fingerprint density at radius 1 is 1.55 bits per heavy atom. The van der Waals surface area contributed by atoms with E-state index < -0.39 is 0 Å². The van der Waals surface area contributed by atoms with Gasteiger partial charge in [0.15, 0.2) is 0 Å². The summed E-state index contributed by atoms with van der Waals surface area (Å²) >= 11 is 0. The fraction of sp³-hybridized carbons (Fsp3) is 0.889. The first-order valence-corrected chi connectivity index (χ1v) is 4.28. The number of ether oxygens (including phenoxy) is 1. The van der Waals surface area contributed by atoms with Crippen LogP contribution in [0.4, 0.5) is 0 Å². The first-order chi connectivity index (χ1) is 5.25. The number of methoxy groups -OCH3 is 1. The van der Waals surface area contributed by atoms with Gasteiger partial charge in [-0.2, -0.15) is 0 Å². The second-order valence-corrected chi connectivity index (χ2v) is 3.39. The molecule has 1 fully saturated rings. The zero-order valence-electron chi connectivity index (χ0n) is 7.30. The Morgan fingerprint density at radius 3 is 2.91 bits per heavy atom. The Bertz CT molecular complexity index is 140. The average molecular weight is 156 g/mol. The first kappa shape index (κ1) is 8.72. The molecule has 1 saturated carbocycles. The minimum absolute atomic E-state index is 0.184. The van der Waals surface area contributed by atoms with E-state index >= 15 is 0 Å². The van der Waals surface area contributed by atoms with Gasteiger partial charge in [-0.25, -0.2) is 0 Å². The highest BCUT2D eigenvalue weighted by atomic mass is 16.5. The molecule has 0 aromatic carbocycles. The van der Waals surface area contributed by atoms with Crippen LogP contribution in [0.1, 0.15) is 26.2 Å². The van der Waals surface area contributed by atoms with Crippen molar-refractivity contribution in [2.75, 3.05) is 13.7 Å². The van der Waals surface area contributed by atoms with Crippen LogP contribution in [0.5, 0.6) is 0 Å². The van der Waals surface area contributed by atoms with Gasteiger partial charge in [0.25, 0.3) is 0 Å². The van der Waals surface area contributed by atoms with Crippen LogP contribution in [-0.4, -0.2) is 19.5 Å². The lowest BCUT2D eigenvalue weighted by atomic mass is 9.82. The van der Waals surface area contributed by atoms with Gasteiger partial charge in [-0.3, -0.25) is 4.79 Å². The molecule has 0 aromatic rings. The standard InChI is InChI=1S/C9H16O2/c1-7-4-3-5-8(6-11-2)9(7)10/h7-8H,3-6H2,1-2H3. The highest BCUT2D eigenvalue weighted by Gasteiger charge is 2.27. The molecular weight excluding hydrogens is 140 g/mol. The predicted octanol–water partition coefficient (Wildman–Crippen LogP) is 1.64. The number of hydrogen-bond donors (Lipinski definition) is 0. The van der Waals surface area contributed by atoms with E-state index in [-0.39, 0.29) is 11.8 Å². The molecule has 0 N–H and O–H groups in total. The quantitative estimate of drug-likeness (QED) is 0.607. The highest BCUT2D eigenvalue weighted by Crippen LogP contribution is 2.25. The van der Waals surface area contributed by atoms with Crippen LogP contribution in [0, 0.1) is 11.8 Å². The van der Waals surface area contributed by atoms with Crippen molar-refractivity contribution in [3.8, 4) is 0 Å². The lowest BCUT2D eigenvalue weighted by molar-refractivity contribution is -0.130. The zero-order chi connectivity index (χ0) is 8.27. The van der Waals surface area contributed by atoms with Crippen LogP contribution < -0.4 is 0 Å². The van der Waals surface area contributed by atoms with Crippen molar-refractivity contribution in [2.24, 2.45) is 11.8 Å². The SMILES string of the molecule is COCC1CCCC(C)C1=O. The molecule has 0 aromatic heterocycles. The van der Waals surface area contributed by atoms with Gasteiger partial charge in [-0.1, -0.05) is 13.3 Å². The summed E-state index contributed by atoms with van der Waals surface area (Å²) in [5.41, 5.74) is 0. The van der Waals surface area contributed by atoms with E-state index in [1.807, 2.05) is 6.92 Å². The van der Waals surface area contributed by atoms with Crippen molar-refractivity contribution in [3.63, 3.8) is 0 Å². The Kier molecular flexibility index (Phi) is 3.06. The molecule has 0 aliphatic heterocycles. The number of carbonyl (C=O) groups is 1. The maximum Gasteiger partial charge on any atom is 0.141 e. The number of carbonyl (C=O) groups excluding carboxylic acids is 1. The Labute approximate surface area is 67.9 Å². The Morgan fingerprint density at radius 2 is 2.27 bits per heavy atom. The second-order valence-electron chi connectivity index (χ2n) is 3.39. The molecule has 2 unspecified atom stereocenters. The van der Waals surface area contributed by atoms with Crippen LogP contribution in [0.3, 0.4) is 0 Å². The molecule has 2 heteroatoms. The summed E-state index contributed by atoms with van der Waals surface area (Å²) in [6, 6.07) is 0. The molecule has 11 heavy (non-hydrogen) atoms. The molecule has 1 aliphatic rings. The van der Waals surface area contributed by atoms with Crippen molar-refractivity contribution >= 4 is 5.78 Å². The molecule has 0 radical (unpaired) electrons. The predicted molar refractivity (Wildman–Crippen MR) is 43.4 cm³/mol. The molecule has 1 aliphatic carbocycles. The van der Waals surface area contributed by atoms with Gasteiger partial charge in [-0.15, -0.1) is 0 Å². The molecule has 0 saturated heterocycles. The minimum Gasteiger partial charge on any atom is -0.384 e. The maximum absolute atomic E-state index is 11.4. The number of ketones is 1. The van der Waals surface area contributed by atoms with Gasteiger partial charge in [0.05, 0.1) is 6.61 Å². The Hall–Kier alpha value is -0.370. The Balaban J connectivity index is 2.44. The largest absolute Gasteiger partial charge is 0.384 e. The number of rotatable bonds is 2. The third kappa shape index (κ3) is 2.03. The maximum atomic E-state index is 11.4. The lowest BCUT2D eigenvalue weighted by Crippen LogP contribution is -2.29. The van der Waals surface area contributed by atoms with E-state index in [4.69, 9.17) is 4.74 Å². The third-order valence-electron chi connectivity index (χ3n) is 2.45. The molecule has 1 rings (SSSR count). The van der Waals surface area contributed by atoms with Gasteiger partial charge in [-0.05, 0) is 12.8 Å². The summed E-state index contributed by atoms with van der Waals surface area (Å²) in [5.74, 6) is 0.853. The lowest BCUT2D eigenvalue weighted by Gasteiger charge is -2.24. The van der Waals surface area contributed by atoms with E-state index in [1.165, 1.54) is 6.42 Å². The fourth-order valence-electron chi connectivity index (χ4n) is 1.72. The van der Waals surface area contributed by atoms with Crippen LogP contribution in [0.15, 0.2) is 0 Å². The third-order valence-corrected chi connectivity index (χ3v) is 2.45. The zero-order valence-corrected chi connectivity index (χ0v) is 7.30. The topological polar surface area (TPSA) is 26.3 Å². The van der Waals surface area contributed by atoms with Gasteiger partial charge >= 0.3 is 0 Å². The monoisotopic (exact) mass is 156 g/mol. The van der Waals surface area contributed by atoms with E-state index in [0.29, 0.717) is 12.4 Å². The van der Waals surface area contributed by atoms with Crippen molar-refractivity contribution in [2.45, 2.75) is 26.2 Å². The molecule has 2 atom stereocenters. The molecule has 0 heterocycles. The van der Waals surface area contributed by atoms with Crippen LogP contribution in [0.25, 0.3) is 0 Å². The normalized spacial score (nSPS) is 32.4. The first-order valence-electron chi connectivity index (χ1n) is 4.28. The van der Waals surface area contributed by atoms with Crippen molar-refractivity contribution in [1.29, 1.82) is 0 Å². The van der Waals surface area contributed by atoms with Crippen LogP contribution in [0.2, 0.25) is 0 Å². The molecule has 0 spiro atoms. The van der Waals surface area contributed by atoms with Crippen LogP contribution in [-0.2, 0) is 9.53 Å². The van der Waals surface area contributed by atoms with Crippen molar-refractivity contribution in [3.05, 3.63) is 0 Å². The summed E-state index contributed by atoms with van der Waals surface area (Å²) < 4.78 is 4.98. The highest BCUT2D eigenvalue weighted by molar-refractivity contribution is 5.83. The summed E-state index contributed by atoms with van der Waals surface area (Å²) in [6.45, 7) is 2.63. The molecule has 0 bridgehead atoms. The van der Waals surface area contributed by atoms with Crippen molar-refractivity contribution in [1.82, 2.24) is 0 Å². The van der Waals surface area contributed by atoms with E-state index in [2.05, 4.69) is 0 Å². The minimum atomic E-state index is 0.184. The van der Waals surface area contributed by atoms with Gasteiger partial charge in [0.1, 0.15) is 5.78 Å². The van der Waals surface area contributed by atoms with Gasteiger partial charge in [0.2, 0.25) is 0 Å². The average Bonchev–Trinajstić information content (AvgIpc) is 1.99. The van der Waals surface area contributed by atoms with E-state index in [1.54, 1.807) is 7.11 Å². The molecule has 64 valence electrons. The van der Waals surface area contributed by atoms with Crippen molar-refractivity contribution < 1.29 is 9.53 Å². The number of Topliss-reactive ketones (excluding diaryl/α,β-unsaturated/α-hetero) is 1. The van der Waals surface area contributed by atoms with Gasteiger partial charge in [0, 0.05) is 18.9 Å². The van der Waals surface area contributed by atoms with Crippen LogP contribution >= 0.6 is 0 Å². The molecular formula is C9H16O2. The van der Waals surface area contributed by atoms with E-state index in [9.17, 15) is 4.79 Å². The summed E-state index contributed by atoms with van der Waals surface area (Å²) in [6.07, 6.45) is 3.27. The smallest absolute Gasteiger partial charge is 0.141 e. The summed E-state index contributed by atoms with van der Waals surface area (Å²) in [7, 11) is 1.66. The second kappa shape index (κ2) is 3.86. The van der Waals surface area contributed by atoms with Gasteiger partial charge < -0.3 is 4.74 Å². The molecule has 0 amide bonds. The van der Waals surface area contributed by atoms with E-state index in [0.717, 1.165) is 12.8 Å². The summed E-state index contributed by atoms with van der Waals surface area (Å²) in [5, 5.41) is 0. The summed E-state index contributed by atoms with van der Waals surface area (Å²) in [4.78, 5) is 11.4.